The van der Waals surface area contributed by atoms with Crippen LogP contribution in [0.5, 0.6) is 0 Å². The van der Waals surface area contributed by atoms with Gasteiger partial charge in [0.05, 0.1) is 0 Å². The van der Waals surface area contributed by atoms with Crippen molar-refractivity contribution in [2.45, 2.75) is 32.4 Å². The molecule has 0 bridgehead atoms. The van der Waals surface area contributed by atoms with Crippen LogP contribution in [0.2, 0.25) is 0 Å². The number of fused-ring (bicyclic) bond motifs is 1. The van der Waals surface area contributed by atoms with Crippen molar-refractivity contribution in [2.75, 3.05) is 0 Å². The number of carbonyl (C=O) groups is 1. The van der Waals surface area contributed by atoms with Gasteiger partial charge in [0.25, 0.3) is 0 Å². The van der Waals surface area contributed by atoms with E-state index < -0.39 is 12.0 Å². The van der Waals surface area contributed by atoms with E-state index in [2.05, 4.69) is 23.5 Å². The van der Waals surface area contributed by atoms with E-state index in [0.717, 1.165) is 6.42 Å². The topological polar surface area (TPSA) is 49.3 Å². The molecule has 0 aliphatic rings. The number of hydrogen-bond acceptors (Lipinski definition) is 3. The lowest BCUT2D eigenvalue weighted by atomic mass is 10.1. The summed E-state index contributed by atoms with van der Waals surface area (Å²) < 4.78 is 1.25. The van der Waals surface area contributed by atoms with E-state index in [1.54, 1.807) is 11.3 Å². The fourth-order valence-corrected chi connectivity index (χ4v) is 2.96. The Labute approximate surface area is 110 Å². The molecule has 0 radical (unpaired) electrons. The van der Waals surface area contributed by atoms with Gasteiger partial charge in [0.2, 0.25) is 0 Å². The van der Waals surface area contributed by atoms with Crippen molar-refractivity contribution in [3.63, 3.8) is 0 Å². The highest BCUT2D eigenvalue weighted by Gasteiger charge is 2.15. The zero-order valence-electron chi connectivity index (χ0n) is 10.3. The van der Waals surface area contributed by atoms with Crippen LogP contribution >= 0.6 is 11.3 Å². The molecule has 0 aliphatic heterocycles. The Balaban J connectivity index is 2.02. The van der Waals surface area contributed by atoms with Crippen LogP contribution in [0.4, 0.5) is 0 Å². The maximum absolute atomic E-state index is 11.0. The average molecular weight is 263 g/mol. The maximum Gasteiger partial charge on any atom is 0.320 e. The van der Waals surface area contributed by atoms with Gasteiger partial charge in [0, 0.05) is 16.1 Å². The van der Waals surface area contributed by atoms with Crippen LogP contribution in [0.25, 0.3) is 10.1 Å². The Bertz CT molecular complexity index is 502. The summed E-state index contributed by atoms with van der Waals surface area (Å²) in [6.07, 6.45) is 1.54. The van der Waals surface area contributed by atoms with Gasteiger partial charge in [-0.15, -0.1) is 11.3 Å². The predicted octanol–water partition coefficient (Wildman–Crippen LogP) is 3.24. The first-order valence-electron chi connectivity index (χ1n) is 6.14. The highest BCUT2D eigenvalue weighted by Crippen LogP contribution is 2.25. The van der Waals surface area contributed by atoms with Crippen molar-refractivity contribution in [3.05, 3.63) is 35.2 Å². The molecule has 1 aromatic heterocycles. The van der Waals surface area contributed by atoms with Gasteiger partial charge in [-0.25, -0.2) is 0 Å². The van der Waals surface area contributed by atoms with Gasteiger partial charge < -0.3 is 5.11 Å². The molecular weight excluding hydrogens is 246 g/mol. The molecule has 1 heterocycles. The minimum absolute atomic E-state index is 0.444. The quantitative estimate of drug-likeness (QED) is 0.841. The third-order valence-corrected chi connectivity index (χ3v) is 3.99. The number of carboxylic acids is 1. The normalized spacial score (nSPS) is 12.7. The van der Waals surface area contributed by atoms with E-state index >= 15 is 0 Å². The summed E-state index contributed by atoms with van der Waals surface area (Å²) in [4.78, 5) is 12.2. The maximum atomic E-state index is 11.0. The lowest BCUT2D eigenvalue weighted by Crippen LogP contribution is -2.35. The van der Waals surface area contributed by atoms with Crippen molar-refractivity contribution < 1.29 is 9.90 Å². The molecule has 0 spiro atoms. The smallest absolute Gasteiger partial charge is 0.320 e. The molecule has 1 unspecified atom stereocenters. The molecule has 2 aromatic rings. The van der Waals surface area contributed by atoms with E-state index in [9.17, 15) is 4.79 Å². The van der Waals surface area contributed by atoms with E-state index in [-0.39, 0.29) is 0 Å². The third kappa shape index (κ3) is 3.09. The van der Waals surface area contributed by atoms with E-state index in [1.807, 2.05) is 19.1 Å². The summed E-state index contributed by atoms with van der Waals surface area (Å²) in [7, 11) is 0. The summed E-state index contributed by atoms with van der Waals surface area (Å²) in [5, 5.41) is 13.4. The Hall–Kier alpha value is -1.39. The number of carboxylic acid groups (broad SMARTS) is 1. The zero-order chi connectivity index (χ0) is 13.0. The zero-order valence-corrected chi connectivity index (χ0v) is 11.2. The largest absolute Gasteiger partial charge is 0.480 e. The summed E-state index contributed by atoms with van der Waals surface area (Å²) in [6.45, 7) is 2.62. The molecule has 4 heteroatoms. The summed E-state index contributed by atoms with van der Waals surface area (Å²) in [6, 6.07) is 9.88. The third-order valence-electron chi connectivity index (χ3n) is 2.87. The second-order valence-corrected chi connectivity index (χ2v) is 5.48. The fraction of sp³-hybridized carbons (Fsp3) is 0.357. The fourth-order valence-electron chi connectivity index (χ4n) is 1.95. The van der Waals surface area contributed by atoms with Gasteiger partial charge in [0.1, 0.15) is 6.04 Å². The van der Waals surface area contributed by atoms with E-state index in [0.29, 0.717) is 13.0 Å². The van der Waals surface area contributed by atoms with Crippen molar-refractivity contribution in [1.82, 2.24) is 5.32 Å². The number of thiophene rings is 1. The van der Waals surface area contributed by atoms with Crippen LogP contribution in [0.15, 0.2) is 30.3 Å². The van der Waals surface area contributed by atoms with E-state index in [1.165, 1.54) is 15.0 Å². The highest BCUT2D eigenvalue weighted by molar-refractivity contribution is 7.19. The minimum atomic E-state index is -0.766. The van der Waals surface area contributed by atoms with Gasteiger partial charge in [-0.3, -0.25) is 10.1 Å². The average Bonchev–Trinajstić information content (AvgIpc) is 2.76. The van der Waals surface area contributed by atoms with Crippen molar-refractivity contribution in [3.8, 4) is 0 Å². The number of aliphatic carboxylic acids is 1. The molecule has 0 aliphatic carbocycles. The molecule has 0 amide bonds. The molecule has 18 heavy (non-hydrogen) atoms. The first kappa shape index (κ1) is 13.1. The van der Waals surface area contributed by atoms with Crippen LogP contribution in [0.3, 0.4) is 0 Å². The number of nitrogens with one attached hydrogen (secondary N) is 1. The summed E-state index contributed by atoms with van der Waals surface area (Å²) >= 11 is 1.71. The molecule has 3 nitrogen and oxygen atoms in total. The predicted molar refractivity (Wildman–Crippen MR) is 75.0 cm³/mol. The molecule has 1 aromatic carbocycles. The summed E-state index contributed by atoms with van der Waals surface area (Å²) in [5.74, 6) is -0.766. The standard InChI is InChI=1S/C14H17NO2S/c1-2-5-12(14(16)17)15-9-11-8-10-6-3-4-7-13(10)18-11/h3-4,6-8,12,15H,2,5,9H2,1H3,(H,16,17). The highest BCUT2D eigenvalue weighted by atomic mass is 32.1. The monoisotopic (exact) mass is 263 g/mol. The van der Waals surface area contributed by atoms with Crippen molar-refractivity contribution in [2.24, 2.45) is 0 Å². The molecule has 0 saturated carbocycles. The molecule has 0 fully saturated rings. The van der Waals surface area contributed by atoms with Gasteiger partial charge in [0.15, 0.2) is 0 Å². The Kier molecular flexibility index (Phi) is 4.33. The van der Waals surface area contributed by atoms with Crippen LogP contribution in [0, 0.1) is 0 Å². The second-order valence-electron chi connectivity index (χ2n) is 4.31. The second kappa shape index (κ2) is 5.98. The first-order chi connectivity index (χ1) is 8.70. The number of benzene rings is 1. The van der Waals surface area contributed by atoms with Crippen LogP contribution < -0.4 is 5.32 Å². The van der Waals surface area contributed by atoms with Gasteiger partial charge >= 0.3 is 5.97 Å². The van der Waals surface area contributed by atoms with Gasteiger partial charge in [-0.2, -0.15) is 0 Å². The first-order valence-corrected chi connectivity index (χ1v) is 6.96. The Morgan fingerprint density at radius 3 is 2.89 bits per heavy atom. The Morgan fingerprint density at radius 1 is 1.44 bits per heavy atom. The van der Waals surface area contributed by atoms with Gasteiger partial charge in [-0.1, -0.05) is 31.5 Å². The lowest BCUT2D eigenvalue weighted by molar-refractivity contribution is -0.139. The molecule has 96 valence electrons. The molecule has 0 saturated heterocycles. The lowest BCUT2D eigenvalue weighted by Gasteiger charge is -2.12. The van der Waals surface area contributed by atoms with Gasteiger partial charge in [-0.05, 0) is 23.9 Å². The summed E-state index contributed by atoms with van der Waals surface area (Å²) in [5.41, 5.74) is 0. The van der Waals surface area contributed by atoms with Crippen LogP contribution in [0.1, 0.15) is 24.6 Å². The Morgan fingerprint density at radius 2 is 2.22 bits per heavy atom. The molecule has 1 atom stereocenters. The SMILES string of the molecule is CCCC(NCc1cc2ccccc2s1)C(=O)O. The van der Waals surface area contributed by atoms with Crippen molar-refractivity contribution in [1.29, 1.82) is 0 Å². The number of rotatable bonds is 6. The number of hydrogen-bond donors (Lipinski definition) is 2. The van der Waals surface area contributed by atoms with E-state index in [4.69, 9.17) is 5.11 Å². The molecular formula is C14H17NO2S. The molecule has 2 rings (SSSR count). The van der Waals surface area contributed by atoms with Crippen LogP contribution in [-0.2, 0) is 11.3 Å². The molecule has 2 N–H and O–H groups in total. The van der Waals surface area contributed by atoms with Crippen molar-refractivity contribution >= 4 is 27.4 Å². The minimum Gasteiger partial charge on any atom is -0.480 e. The van der Waals surface area contributed by atoms with Crippen LogP contribution in [-0.4, -0.2) is 17.1 Å².